The van der Waals surface area contributed by atoms with Crippen molar-refractivity contribution in [1.29, 1.82) is 5.26 Å². The fourth-order valence-corrected chi connectivity index (χ4v) is 2.13. The number of anilines is 3. The van der Waals surface area contributed by atoms with E-state index < -0.39 is 29.0 Å². The molecule has 0 aliphatic heterocycles. The van der Waals surface area contributed by atoms with Gasteiger partial charge < -0.3 is 10.6 Å². The molecule has 0 spiro atoms. The summed E-state index contributed by atoms with van der Waals surface area (Å²) < 4.78 is 39.7. The first-order valence-electron chi connectivity index (χ1n) is 7.52. The molecule has 6 nitrogen and oxygen atoms in total. The van der Waals surface area contributed by atoms with Crippen LogP contribution in [0.25, 0.3) is 0 Å². The van der Waals surface area contributed by atoms with Gasteiger partial charge in [0.15, 0.2) is 17.5 Å². The number of nitrogens with zero attached hydrogens (tertiary/aromatic N) is 3. The van der Waals surface area contributed by atoms with Gasteiger partial charge in [-0.25, -0.2) is 23.1 Å². The molecule has 0 atom stereocenters. The van der Waals surface area contributed by atoms with E-state index in [4.69, 9.17) is 5.26 Å². The van der Waals surface area contributed by atoms with E-state index in [1.807, 2.05) is 6.07 Å². The largest absolute Gasteiger partial charge is 0.339 e. The molecule has 1 aromatic heterocycles. The molecule has 0 unspecified atom stereocenters. The fraction of sp³-hybridized carbons (Fsp3) is 0. The third-order valence-electron chi connectivity index (χ3n) is 3.43. The lowest BCUT2D eigenvalue weighted by atomic mass is 10.2. The highest BCUT2D eigenvalue weighted by Crippen LogP contribution is 2.20. The molecule has 9 heteroatoms. The molecular weight excluding hydrogens is 359 g/mol. The van der Waals surface area contributed by atoms with Gasteiger partial charge in [-0.15, -0.1) is 0 Å². The topological polar surface area (TPSA) is 90.7 Å². The second kappa shape index (κ2) is 7.53. The average Bonchev–Trinajstić information content (AvgIpc) is 2.69. The Kier molecular flexibility index (Phi) is 4.99. The third kappa shape index (κ3) is 4.01. The zero-order chi connectivity index (χ0) is 19.4. The van der Waals surface area contributed by atoms with Crippen LogP contribution in [0.1, 0.15) is 16.1 Å². The van der Waals surface area contributed by atoms with Crippen molar-refractivity contribution in [2.75, 3.05) is 10.6 Å². The molecule has 3 aromatic rings. The minimum atomic E-state index is -1.68. The summed E-state index contributed by atoms with van der Waals surface area (Å²) in [6.45, 7) is 0. The maximum Gasteiger partial charge on any atom is 0.275 e. The smallest absolute Gasteiger partial charge is 0.275 e. The molecule has 134 valence electrons. The minimum absolute atomic E-state index is 0.157. The molecule has 0 saturated carbocycles. The van der Waals surface area contributed by atoms with E-state index in [1.165, 1.54) is 6.20 Å². The molecule has 0 bridgehead atoms. The van der Waals surface area contributed by atoms with Crippen molar-refractivity contribution in [1.82, 2.24) is 9.97 Å². The molecule has 0 aliphatic rings. The highest BCUT2D eigenvalue weighted by atomic mass is 19.2. The molecule has 0 aliphatic carbocycles. The second-order valence-electron chi connectivity index (χ2n) is 5.28. The predicted octanol–water partition coefficient (Wildman–Crippen LogP) is 3.76. The maximum atomic E-state index is 13.6. The standard InChI is InChI=1S/C18H10F3N5O/c19-12-4-5-13(17(21)16(12)20)26-18(27)14-8-24-15(9-23-14)25-11-3-1-2-10(6-11)7-22/h1-6,8-9H,(H,24,25)(H,26,27). The Labute approximate surface area is 151 Å². The van der Waals surface area contributed by atoms with E-state index in [9.17, 15) is 18.0 Å². The van der Waals surface area contributed by atoms with Crippen molar-refractivity contribution in [2.24, 2.45) is 0 Å². The number of amides is 1. The lowest BCUT2D eigenvalue weighted by Gasteiger charge is -2.08. The number of carbonyl (C=O) groups excluding carboxylic acids is 1. The van der Waals surface area contributed by atoms with Crippen LogP contribution in [-0.2, 0) is 0 Å². The highest BCUT2D eigenvalue weighted by Gasteiger charge is 2.16. The van der Waals surface area contributed by atoms with Crippen LogP contribution < -0.4 is 10.6 Å². The van der Waals surface area contributed by atoms with Gasteiger partial charge in [0.05, 0.1) is 29.7 Å². The molecule has 3 rings (SSSR count). The third-order valence-corrected chi connectivity index (χ3v) is 3.43. The Morgan fingerprint density at radius 2 is 1.85 bits per heavy atom. The molecular formula is C18H10F3N5O. The van der Waals surface area contributed by atoms with E-state index in [2.05, 4.69) is 20.6 Å². The van der Waals surface area contributed by atoms with Gasteiger partial charge in [0, 0.05) is 5.69 Å². The summed E-state index contributed by atoms with van der Waals surface area (Å²) in [5, 5.41) is 13.9. The van der Waals surface area contributed by atoms with Gasteiger partial charge in [-0.05, 0) is 30.3 Å². The van der Waals surface area contributed by atoms with Crippen LogP contribution in [0.5, 0.6) is 0 Å². The normalized spacial score (nSPS) is 10.1. The summed E-state index contributed by atoms with van der Waals surface area (Å²) in [6, 6.07) is 10.2. The summed E-state index contributed by atoms with van der Waals surface area (Å²) >= 11 is 0. The highest BCUT2D eigenvalue weighted by molar-refractivity contribution is 6.02. The van der Waals surface area contributed by atoms with Gasteiger partial charge in [-0.1, -0.05) is 6.07 Å². The molecule has 0 fully saturated rings. The SMILES string of the molecule is N#Cc1cccc(Nc2cnc(C(=O)Nc3ccc(F)c(F)c3F)cn2)c1. The number of nitriles is 1. The van der Waals surface area contributed by atoms with Gasteiger partial charge in [0.2, 0.25) is 0 Å². The first-order valence-corrected chi connectivity index (χ1v) is 7.52. The first kappa shape index (κ1) is 17.9. The number of hydrogen-bond donors (Lipinski definition) is 2. The lowest BCUT2D eigenvalue weighted by molar-refractivity contribution is 0.102. The van der Waals surface area contributed by atoms with E-state index >= 15 is 0 Å². The first-order chi connectivity index (χ1) is 13.0. The van der Waals surface area contributed by atoms with E-state index in [0.717, 1.165) is 12.3 Å². The molecule has 0 saturated heterocycles. The zero-order valence-corrected chi connectivity index (χ0v) is 13.5. The zero-order valence-electron chi connectivity index (χ0n) is 13.5. The van der Waals surface area contributed by atoms with Crippen molar-refractivity contribution in [3.05, 3.63) is 77.5 Å². The number of halogens is 3. The molecule has 2 N–H and O–H groups in total. The van der Waals surface area contributed by atoms with Gasteiger partial charge in [-0.3, -0.25) is 4.79 Å². The number of carbonyl (C=O) groups is 1. The summed E-state index contributed by atoms with van der Waals surface area (Å²) in [4.78, 5) is 20.0. The average molecular weight is 369 g/mol. The van der Waals surface area contributed by atoms with Crippen LogP contribution >= 0.6 is 0 Å². The van der Waals surface area contributed by atoms with Crippen molar-refractivity contribution in [2.45, 2.75) is 0 Å². The van der Waals surface area contributed by atoms with E-state index in [0.29, 0.717) is 23.1 Å². The van der Waals surface area contributed by atoms with Crippen LogP contribution in [0, 0.1) is 28.8 Å². The van der Waals surface area contributed by atoms with E-state index in [1.54, 1.807) is 24.3 Å². The fourth-order valence-electron chi connectivity index (χ4n) is 2.13. The van der Waals surface area contributed by atoms with Crippen molar-refractivity contribution in [3.63, 3.8) is 0 Å². The monoisotopic (exact) mass is 369 g/mol. The van der Waals surface area contributed by atoms with Crippen LogP contribution in [0.15, 0.2) is 48.8 Å². The maximum absolute atomic E-state index is 13.6. The van der Waals surface area contributed by atoms with Crippen molar-refractivity contribution < 1.29 is 18.0 Å². The Hall–Kier alpha value is -3.93. The number of aromatic nitrogens is 2. The van der Waals surface area contributed by atoms with Gasteiger partial charge in [0.25, 0.3) is 5.91 Å². The number of hydrogen-bond acceptors (Lipinski definition) is 5. The summed E-state index contributed by atoms with van der Waals surface area (Å²) in [7, 11) is 0. The summed E-state index contributed by atoms with van der Waals surface area (Å²) in [6.07, 6.45) is 2.39. The second-order valence-corrected chi connectivity index (χ2v) is 5.28. The molecule has 27 heavy (non-hydrogen) atoms. The number of rotatable bonds is 4. The van der Waals surface area contributed by atoms with E-state index in [-0.39, 0.29) is 5.69 Å². The summed E-state index contributed by atoms with van der Waals surface area (Å²) in [5.74, 6) is -5.09. The lowest BCUT2D eigenvalue weighted by Crippen LogP contribution is -2.16. The van der Waals surface area contributed by atoms with Crippen LogP contribution in [-0.4, -0.2) is 15.9 Å². The van der Waals surface area contributed by atoms with Crippen LogP contribution in [0.2, 0.25) is 0 Å². The minimum Gasteiger partial charge on any atom is -0.339 e. The molecule has 1 amide bonds. The molecule has 2 aromatic carbocycles. The van der Waals surface area contributed by atoms with Crippen molar-refractivity contribution >= 4 is 23.1 Å². The summed E-state index contributed by atoms with van der Waals surface area (Å²) in [5.41, 5.74) is 0.383. The Morgan fingerprint density at radius 1 is 1.04 bits per heavy atom. The van der Waals surface area contributed by atoms with Gasteiger partial charge in [-0.2, -0.15) is 5.26 Å². The van der Waals surface area contributed by atoms with Crippen LogP contribution in [0.4, 0.5) is 30.4 Å². The van der Waals surface area contributed by atoms with Crippen LogP contribution in [0.3, 0.4) is 0 Å². The molecule has 1 heterocycles. The van der Waals surface area contributed by atoms with Crippen molar-refractivity contribution in [3.8, 4) is 6.07 Å². The van der Waals surface area contributed by atoms with Gasteiger partial charge >= 0.3 is 0 Å². The Balaban J connectivity index is 1.72. The number of nitrogens with one attached hydrogen (secondary N) is 2. The Morgan fingerprint density at radius 3 is 2.56 bits per heavy atom. The molecule has 0 radical (unpaired) electrons. The Bertz CT molecular complexity index is 1050. The number of benzene rings is 2. The van der Waals surface area contributed by atoms with Gasteiger partial charge in [0.1, 0.15) is 11.5 Å². The quantitative estimate of drug-likeness (QED) is 0.684. The predicted molar refractivity (Wildman–Crippen MR) is 90.7 cm³/mol.